The summed E-state index contributed by atoms with van der Waals surface area (Å²) in [5.74, 6) is 0.597. The zero-order valence-electron chi connectivity index (χ0n) is 10.6. The van der Waals surface area contributed by atoms with Gasteiger partial charge in [0, 0.05) is 0 Å². The maximum Gasteiger partial charge on any atom is 0.153 e. The SMILES string of the molecule is C=C=CCOc1ccc(C(C)(C)C)cc1C=O. The van der Waals surface area contributed by atoms with Gasteiger partial charge in [0.1, 0.15) is 12.4 Å². The largest absolute Gasteiger partial charge is 0.488 e. The predicted molar refractivity (Wildman–Crippen MR) is 69.7 cm³/mol. The first-order chi connectivity index (χ1) is 7.99. The molecule has 1 rings (SSSR count). The smallest absolute Gasteiger partial charge is 0.153 e. The fourth-order valence-electron chi connectivity index (χ4n) is 1.43. The number of carbonyl (C=O) groups is 1. The Kier molecular flexibility index (Phi) is 4.30. The second-order valence-corrected chi connectivity index (χ2v) is 4.84. The van der Waals surface area contributed by atoms with E-state index < -0.39 is 0 Å². The maximum absolute atomic E-state index is 11.0. The Morgan fingerprint density at radius 2 is 2.12 bits per heavy atom. The van der Waals surface area contributed by atoms with Crippen LogP contribution in [-0.2, 0) is 5.41 Å². The molecule has 0 bridgehead atoms. The lowest BCUT2D eigenvalue weighted by Gasteiger charge is -2.20. The van der Waals surface area contributed by atoms with E-state index in [-0.39, 0.29) is 5.41 Å². The molecule has 2 nitrogen and oxygen atoms in total. The Hall–Kier alpha value is -1.79. The zero-order chi connectivity index (χ0) is 12.9. The summed E-state index contributed by atoms with van der Waals surface area (Å²) in [5, 5.41) is 0. The number of ether oxygens (including phenoxy) is 1. The summed E-state index contributed by atoms with van der Waals surface area (Å²) in [6.45, 7) is 10.2. The van der Waals surface area contributed by atoms with Crippen LogP contribution in [0.15, 0.2) is 36.6 Å². The van der Waals surface area contributed by atoms with E-state index in [9.17, 15) is 4.79 Å². The van der Waals surface area contributed by atoms with E-state index in [1.807, 2.05) is 18.2 Å². The van der Waals surface area contributed by atoms with E-state index in [4.69, 9.17) is 4.74 Å². The highest BCUT2D eigenvalue weighted by Crippen LogP contribution is 2.27. The molecule has 0 aliphatic carbocycles. The van der Waals surface area contributed by atoms with Crippen molar-refractivity contribution in [3.05, 3.63) is 47.7 Å². The average molecular weight is 230 g/mol. The van der Waals surface area contributed by atoms with Gasteiger partial charge < -0.3 is 4.74 Å². The third kappa shape index (κ3) is 3.61. The molecule has 0 aliphatic rings. The minimum atomic E-state index is 0.0251. The lowest BCUT2D eigenvalue weighted by molar-refractivity contribution is 0.112. The lowest BCUT2D eigenvalue weighted by atomic mass is 9.86. The standard InChI is InChI=1S/C15H18O2/c1-5-6-9-17-14-8-7-13(15(2,3)4)10-12(14)11-16/h6-8,10-11H,1,9H2,2-4H3. The fraction of sp³-hybridized carbons (Fsp3) is 0.333. The molecule has 0 unspecified atom stereocenters. The van der Waals surface area contributed by atoms with Crippen LogP contribution >= 0.6 is 0 Å². The number of hydrogen-bond donors (Lipinski definition) is 0. The summed E-state index contributed by atoms with van der Waals surface area (Å²) >= 11 is 0. The molecule has 1 aromatic rings. The lowest BCUT2D eigenvalue weighted by Crippen LogP contribution is -2.11. The van der Waals surface area contributed by atoms with Crippen LogP contribution in [0.2, 0.25) is 0 Å². The first kappa shape index (κ1) is 13.3. The van der Waals surface area contributed by atoms with E-state index >= 15 is 0 Å². The van der Waals surface area contributed by atoms with Crippen molar-refractivity contribution in [2.75, 3.05) is 6.61 Å². The fourth-order valence-corrected chi connectivity index (χ4v) is 1.43. The zero-order valence-corrected chi connectivity index (χ0v) is 10.6. The molecule has 0 aliphatic heterocycles. The minimum absolute atomic E-state index is 0.0251. The second kappa shape index (κ2) is 5.51. The molecule has 17 heavy (non-hydrogen) atoms. The topological polar surface area (TPSA) is 26.3 Å². The highest BCUT2D eigenvalue weighted by molar-refractivity contribution is 5.79. The Balaban J connectivity index is 3.01. The Labute approximate surface area is 103 Å². The first-order valence-electron chi connectivity index (χ1n) is 5.56. The van der Waals surface area contributed by atoms with Gasteiger partial charge in [0.05, 0.1) is 5.56 Å². The number of aldehydes is 1. The molecule has 0 aromatic heterocycles. The number of carbonyl (C=O) groups excluding carboxylic acids is 1. The average Bonchev–Trinajstić information content (AvgIpc) is 2.28. The second-order valence-electron chi connectivity index (χ2n) is 4.84. The van der Waals surface area contributed by atoms with E-state index in [0.717, 1.165) is 11.8 Å². The van der Waals surface area contributed by atoms with Gasteiger partial charge in [0.15, 0.2) is 6.29 Å². The monoisotopic (exact) mass is 230 g/mol. The summed E-state index contributed by atoms with van der Waals surface area (Å²) in [7, 11) is 0. The van der Waals surface area contributed by atoms with Gasteiger partial charge in [-0.2, -0.15) is 0 Å². The van der Waals surface area contributed by atoms with Crippen molar-refractivity contribution in [3.8, 4) is 5.75 Å². The molecule has 0 atom stereocenters. The van der Waals surface area contributed by atoms with Crippen LogP contribution in [0.4, 0.5) is 0 Å². The van der Waals surface area contributed by atoms with Crippen LogP contribution in [0.3, 0.4) is 0 Å². The molecule has 0 heterocycles. The van der Waals surface area contributed by atoms with Gasteiger partial charge in [-0.05, 0) is 29.2 Å². The predicted octanol–water partition coefficient (Wildman–Crippen LogP) is 3.52. The van der Waals surface area contributed by atoms with Crippen LogP contribution in [0, 0.1) is 0 Å². The molecule has 2 heteroatoms. The van der Waals surface area contributed by atoms with E-state index in [1.54, 1.807) is 6.08 Å². The number of rotatable bonds is 4. The van der Waals surface area contributed by atoms with Crippen molar-refractivity contribution in [2.45, 2.75) is 26.2 Å². The Bertz CT molecular complexity index is 446. The quantitative estimate of drug-likeness (QED) is 0.584. The van der Waals surface area contributed by atoms with Crippen molar-refractivity contribution in [2.24, 2.45) is 0 Å². The Morgan fingerprint density at radius 3 is 2.65 bits per heavy atom. The van der Waals surface area contributed by atoms with Gasteiger partial charge >= 0.3 is 0 Å². The normalized spacial score (nSPS) is 10.5. The van der Waals surface area contributed by atoms with Crippen molar-refractivity contribution < 1.29 is 9.53 Å². The Morgan fingerprint density at radius 1 is 1.41 bits per heavy atom. The van der Waals surface area contributed by atoms with Crippen LogP contribution in [0.25, 0.3) is 0 Å². The third-order valence-electron chi connectivity index (χ3n) is 2.47. The highest BCUT2D eigenvalue weighted by Gasteiger charge is 2.15. The van der Waals surface area contributed by atoms with Gasteiger partial charge in [-0.1, -0.05) is 33.4 Å². The maximum atomic E-state index is 11.0. The van der Waals surface area contributed by atoms with Gasteiger partial charge in [-0.15, -0.1) is 5.73 Å². The van der Waals surface area contributed by atoms with E-state index in [2.05, 4.69) is 33.1 Å². The number of hydrogen-bond acceptors (Lipinski definition) is 2. The molecule has 0 N–H and O–H groups in total. The molecular weight excluding hydrogens is 212 g/mol. The molecule has 0 radical (unpaired) electrons. The van der Waals surface area contributed by atoms with Crippen LogP contribution < -0.4 is 4.74 Å². The summed E-state index contributed by atoms with van der Waals surface area (Å²) in [6, 6.07) is 5.70. The van der Waals surface area contributed by atoms with Crippen molar-refractivity contribution in [1.29, 1.82) is 0 Å². The van der Waals surface area contributed by atoms with Crippen molar-refractivity contribution in [1.82, 2.24) is 0 Å². The first-order valence-corrected chi connectivity index (χ1v) is 5.56. The van der Waals surface area contributed by atoms with Crippen molar-refractivity contribution in [3.63, 3.8) is 0 Å². The van der Waals surface area contributed by atoms with E-state index in [1.165, 1.54) is 0 Å². The summed E-state index contributed by atoms with van der Waals surface area (Å²) in [4.78, 5) is 11.0. The van der Waals surface area contributed by atoms with E-state index in [0.29, 0.717) is 17.9 Å². The van der Waals surface area contributed by atoms with Crippen LogP contribution in [0.1, 0.15) is 36.7 Å². The van der Waals surface area contributed by atoms with Crippen molar-refractivity contribution >= 4 is 6.29 Å². The third-order valence-corrected chi connectivity index (χ3v) is 2.47. The van der Waals surface area contributed by atoms with Crippen LogP contribution in [0.5, 0.6) is 5.75 Å². The molecule has 0 spiro atoms. The molecule has 1 aromatic carbocycles. The van der Waals surface area contributed by atoms with Crippen LogP contribution in [-0.4, -0.2) is 12.9 Å². The van der Waals surface area contributed by atoms with Gasteiger partial charge in [-0.3, -0.25) is 4.79 Å². The summed E-state index contributed by atoms with van der Waals surface area (Å²) in [5.41, 5.74) is 4.34. The van der Waals surface area contributed by atoms with Gasteiger partial charge in [0.25, 0.3) is 0 Å². The summed E-state index contributed by atoms with van der Waals surface area (Å²) < 4.78 is 5.45. The van der Waals surface area contributed by atoms with Gasteiger partial charge in [0.2, 0.25) is 0 Å². The molecule has 0 fully saturated rings. The molecular formula is C15H18O2. The van der Waals surface area contributed by atoms with Gasteiger partial charge in [-0.25, -0.2) is 0 Å². The molecule has 0 amide bonds. The highest BCUT2D eigenvalue weighted by atomic mass is 16.5. The number of benzene rings is 1. The molecule has 0 saturated carbocycles. The summed E-state index contributed by atoms with van der Waals surface area (Å²) in [6.07, 6.45) is 2.49. The minimum Gasteiger partial charge on any atom is -0.488 e. The molecule has 0 saturated heterocycles. The molecule has 90 valence electrons.